The molecule has 194 valence electrons. The number of nitrogens with one attached hydrogen (secondary N) is 1. The highest BCUT2D eigenvalue weighted by molar-refractivity contribution is 6.28. The molecule has 0 bridgehead atoms. The number of aryl methyl sites for hydroxylation is 3. The van der Waals surface area contributed by atoms with Crippen molar-refractivity contribution >= 4 is 33.9 Å². The fourth-order valence-corrected chi connectivity index (χ4v) is 4.76. The first-order valence-electron chi connectivity index (χ1n) is 12.3. The molecule has 1 N–H and O–H groups in total. The summed E-state index contributed by atoms with van der Waals surface area (Å²) in [5, 5.41) is 4.52. The van der Waals surface area contributed by atoms with Crippen LogP contribution in [0.4, 0.5) is 0 Å². The van der Waals surface area contributed by atoms with Gasteiger partial charge in [-0.1, -0.05) is 25.8 Å². The molecule has 0 radical (unpaired) electrons. The van der Waals surface area contributed by atoms with Gasteiger partial charge in [0.2, 0.25) is 5.28 Å². The second-order valence-electron chi connectivity index (χ2n) is 9.20. The topological polar surface area (TPSA) is 126 Å². The van der Waals surface area contributed by atoms with Crippen molar-refractivity contribution in [3.8, 4) is 0 Å². The lowest BCUT2D eigenvalue weighted by Gasteiger charge is -2.11. The zero-order valence-electron chi connectivity index (χ0n) is 20.7. The normalized spacial score (nSPS) is 11.8. The van der Waals surface area contributed by atoms with Crippen LogP contribution < -0.4 is 17.0 Å². The first-order chi connectivity index (χ1) is 17.9. The van der Waals surface area contributed by atoms with E-state index in [1.165, 1.54) is 9.13 Å². The number of fused-ring (bicyclic) bond motifs is 2. The van der Waals surface area contributed by atoms with Crippen LogP contribution in [0.25, 0.3) is 22.3 Å². The van der Waals surface area contributed by atoms with Crippen LogP contribution in [0, 0.1) is 0 Å². The Balaban J connectivity index is 1.29. The summed E-state index contributed by atoms with van der Waals surface area (Å²) in [6.07, 6.45) is 7.77. The average molecular weight is 526 g/mol. The second kappa shape index (κ2) is 10.3. The third-order valence-corrected chi connectivity index (χ3v) is 6.73. The Morgan fingerprint density at radius 1 is 1.05 bits per heavy atom. The maximum Gasteiger partial charge on any atom is 0.419 e. The van der Waals surface area contributed by atoms with Crippen LogP contribution in [0.2, 0.25) is 5.28 Å². The van der Waals surface area contributed by atoms with Gasteiger partial charge in [0.05, 0.1) is 18.3 Å². The van der Waals surface area contributed by atoms with Crippen molar-refractivity contribution in [3.05, 3.63) is 78.4 Å². The number of imidazole rings is 1. The Kier molecular flexibility index (Phi) is 6.88. The summed E-state index contributed by atoms with van der Waals surface area (Å²) in [5.41, 5.74) is 3.01. The molecule has 1 aromatic carbocycles. The quantitative estimate of drug-likeness (QED) is 0.221. The predicted molar refractivity (Wildman–Crippen MR) is 140 cm³/mol. The molecule has 4 heterocycles. The van der Waals surface area contributed by atoms with E-state index in [0.29, 0.717) is 37.2 Å². The van der Waals surface area contributed by atoms with Gasteiger partial charge in [0.1, 0.15) is 0 Å². The number of oxazole rings is 1. The van der Waals surface area contributed by atoms with Gasteiger partial charge in [-0.25, -0.2) is 9.59 Å². The number of hydrogen-bond donors (Lipinski definition) is 1. The zero-order valence-corrected chi connectivity index (χ0v) is 21.5. The van der Waals surface area contributed by atoms with Crippen molar-refractivity contribution in [2.75, 3.05) is 0 Å². The van der Waals surface area contributed by atoms with Crippen LogP contribution in [0.1, 0.15) is 43.7 Å². The van der Waals surface area contributed by atoms with E-state index in [1.54, 1.807) is 17.8 Å². The molecule has 5 aromatic rings. The molecule has 5 rings (SSSR count). The summed E-state index contributed by atoms with van der Waals surface area (Å²) in [6, 6.07) is 5.64. The van der Waals surface area contributed by atoms with Gasteiger partial charge >= 0.3 is 11.4 Å². The van der Waals surface area contributed by atoms with Crippen molar-refractivity contribution in [3.63, 3.8) is 0 Å². The maximum atomic E-state index is 13.2. The molecular weight excluding hydrogens is 498 g/mol. The Labute approximate surface area is 215 Å². The van der Waals surface area contributed by atoms with E-state index >= 15 is 0 Å². The van der Waals surface area contributed by atoms with Crippen LogP contribution >= 0.6 is 11.6 Å². The molecule has 4 aromatic heterocycles. The number of halogens is 1. The van der Waals surface area contributed by atoms with Crippen LogP contribution in [-0.2, 0) is 33.1 Å². The lowest BCUT2D eigenvalue weighted by Crippen LogP contribution is -2.40. The number of unbranched alkanes of at least 4 members (excludes halogenated alkanes) is 2. The number of hydrogen-bond acceptors (Lipinski definition) is 6. The van der Waals surface area contributed by atoms with Gasteiger partial charge in [-0.15, -0.1) is 0 Å². The molecular formula is C25H28ClN7O4. The number of aromatic nitrogens is 7. The SMILES string of the molecule is CCCCCn1c(=O)n(CCCc2cnn(Cc3ccc4c(c3)oc(=O)n4C)c2)c(=O)c2[nH]c(Cl)nc21. The van der Waals surface area contributed by atoms with E-state index < -0.39 is 11.3 Å². The van der Waals surface area contributed by atoms with Crippen molar-refractivity contribution in [2.24, 2.45) is 7.05 Å². The molecule has 0 saturated carbocycles. The maximum absolute atomic E-state index is 13.2. The van der Waals surface area contributed by atoms with Gasteiger partial charge in [0, 0.05) is 26.3 Å². The van der Waals surface area contributed by atoms with Crippen LogP contribution in [-0.4, -0.2) is 33.4 Å². The minimum Gasteiger partial charge on any atom is -0.408 e. The van der Waals surface area contributed by atoms with Crippen LogP contribution in [0.15, 0.2) is 49.4 Å². The highest BCUT2D eigenvalue weighted by Crippen LogP contribution is 2.16. The molecule has 37 heavy (non-hydrogen) atoms. The third-order valence-electron chi connectivity index (χ3n) is 6.55. The number of H-pyrrole nitrogens is 1. The summed E-state index contributed by atoms with van der Waals surface area (Å²) in [4.78, 5) is 44.8. The summed E-state index contributed by atoms with van der Waals surface area (Å²) >= 11 is 6.01. The molecule has 0 unspecified atom stereocenters. The minimum atomic E-state index is -0.412. The van der Waals surface area contributed by atoms with Gasteiger partial charge in [0.15, 0.2) is 16.7 Å². The van der Waals surface area contributed by atoms with E-state index in [1.807, 2.05) is 29.1 Å². The molecule has 0 aliphatic rings. The predicted octanol–water partition coefficient (Wildman–Crippen LogP) is 3.05. The van der Waals surface area contributed by atoms with E-state index in [2.05, 4.69) is 22.0 Å². The Morgan fingerprint density at radius 2 is 1.86 bits per heavy atom. The molecule has 0 spiro atoms. The summed E-state index contributed by atoms with van der Waals surface area (Å²) in [5.74, 6) is -0.393. The highest BCUT2D eigenvalue weighted by atomic mass is 35.5. The summed E-state index contributed by atoms with van der Waals surface area (Å²) < 4.78 is 11.3. The number of aromatic amines is 1. The lowest BCUT2D eigenvalue weighted by molar-refractivity contribution is 0.526. The van der Waals surface area contributed by atoms with Crippen molar-refractivity contribution in [1.29, 1.82) is 0 Å². The Hall–Kier alpha value is -3.86. The Morgan fingerprint density at radius 3 is 2.68 bits per heavy atom. The van der Waals surface area contributed by atoms with E-state index in [0.717, 1.165) is 35.9 Å². The van der Waals surface area contributed by atoms with Gasteiger partial charge in [-0.3, -0.25) is 23.2 Å². The smallest absolute Gasteiger partial charge is 0.408 e. The number of benzene rings is 1. The lowest BCUT2D eigenvalue weighted by atomic mass is 10.2. The van der Waals surface area contributed by atoms with E-state index in [9.17, 15) is 14.4 Å². The highest BCUT2D eigenvalue weighted by Gasteiger charge is 2.17. The van der Waals surface area contributed by atoms with E-state index in [-0.39, 0.29) is 23.0 Å². The van der Waals surface area contributed by atoms with Gasteiger partial charge in [0.25, 0.3) is 5.56 Å². The fraction of sp³-hybridized carbons (Fsp3) is 0.400. The van der Waals surface area contributed by atoms with Gasteiger partial charge in [-0.2, -0.15) is 10.1 Å². The fourth-order valence-electron chi connectivity index (χ4n) is 4.58. The molecule has 0 atom stereocenters. The third kappa shape index (κ3) is 4.91. The number of rotatable bonds is 10. The Bertz CT molecular complexity index is 1750. The molecule has 0 fully saturated rings. The van der Waals surface area contributed by atoms with E-state index in [4.69, 9.17) is 16.0 Å². The standard InChI is InChI=1S/C25H28ClN7O4/c1-3-4-5-10-32-21-20(28-23(26)29-21)22(34)33(24(32)35)11-6-7-17-13-27-31(15-17)14-16-8-9-18-19(12-16)37-25(36)30(18)2/h8-9,12-13,15H,3-7,10-11,14H2,1-2H3,(H,28,29). The first kappa shape index (κ1) is 24.8. The van der Waals surface area contributed by atoms with Crippen molar-refractivity contribution < 1.29 is 4.42 Å². The van der Waals surface area contributed by atoms with Gasteiger partial charge < -0.3 is 9.40 Å². The van der Waals surface area contributed by atoms with Crippen molar-refractivity contribution in [1.82, 2.24) is 33.4 Å². The molecule has 0 aliphatic carbocycles. The largest absolute Gasteiger partial charge is 0.419 e. The zero-order chi connectivity index (χ0) is 26.1. The average Bonchev–Trinajstić information content (AvgIpc) is 3.56. The minimum absolute atomic E-state index is 0.0921. The molecule has 0 amide bonds. The molecule has 12 heteroatoms. The van der Waals surface area contributed by atoms with Crippen LogP contribution in [0.5, 0.6) is 0 Å². The molecule has 0 saturated heterocycles. The molecule has 0 aliphatic heterocycles. The number of nitrogens with zero attached hydrogens (tertiary/aromatic N) is 6. The van der Waals surface area contributed by atoms with Gasteiger partial charge in [-0.05, 0) is 54.1 Å². The summed E-state index contributed by atoms with van der Waals surface area (Å²) in [6.45, 7) is 3.37. The van der Waals surface area contributed by atoms with Crippen LogP contribution in [0.3, 0.4) is 0 Å². The second-order valence-corrected chi connectivity index (χ2v) is 9.56. The van der Waals surface area contributed by atoms with Crippen molar-refractivity contribution in [2.45, 2.75) is 58.7 Å². The monoisotopic (exact) mass is 525 g/mol. The molecule has 11 nitrogen and oxygen atoms in total. The first-order valence-corrected chi connectivity index (χ1v) is 12.7. The summed E-state index contributed by atoms with van der Waals surface area (Å²) in [7, 11) is 1.67.